The van der Waals surface area contributed by atoms with Gasteiger partial charge in [-0.25, -0.2) is 0 Å². The van der Waals surface area contributed by atoms with E-state index in [1.807, 2.05) is 0 Å². The smallest absolute Gasteiger partial charge is 0.491 e. The fraction of sp³-hybridized carbons (Fsp3) is 0.167. The number of fused-ring (bicyclic) bond motifs is 2. The third-order valence-corrected chi connectivity index (χ3v) is 4.74. The summed E-state index contributed by atoms with van der Waals surface area (Å²) in [7, 11) is 0. The molecule has 0 radical (unpaired) electrons. The number of aliphatic hydroxyl groups excluding tert-OH is 1. The molecule has 176 valence electrons. The van der Waals surface area contributed by atoms with E-state index in [4.69, 9.17) is 18.3 Å². The fourth-order valence-corrected chi connectivity index (χ4v) is 3.24. The van der Waals surface area contributed by atoms with Crippen molar-refractivity contribution in [2.45, 2.75) is 13.0 Å². The Balaban J connectivity index is 0.00000216. The van der Waals surface area contributed by atoms with Crippen molar-refractivity contribution >= 4 is 34.0 Å². The summed E-state index contributed by atoms with van der Waals surface area (Å²) in [6, 6.07) is 11.4. The minimum Gasteiger partial charge on any atom is -0.491 e. The second kappa shape index (κ2) is 11.9. The van der Waals surface area contributed by atoms with Gasteiger partial charge in [-0.05, 0) is 24.3 Å². The third kappa shape index (κ3) is 6.05. The van der Waals surface area contributed by atoms with Gasteiger partial charge in [0.15, 0.2) is 17.0 Å². The summed E-state index contributed by atoms with van der Waals surface area (Å²) in [5, 5.41) is 10.6. The minimum atomic E-state index is -1.12. The van der Waals surface area contributed by atoms with Crippen molar-refractivity contribution in [2.24, 2.45) is 0 Å². The van der Waals surface area contributed by atoms with Crippen molar-refractivity contribution in [1.82, 2.24) is 0 Å². The SMILES string of the molecule is CC(=O)c1cc(=O)c2c(OCC(O)COc3cccc4oc([C-]=O)cc(=O)c34)cccc2o1.[Na+].[OH3+]. The number of ketones is 1. The second-order valence-corrected chi connectivity index (χ2v) is 7.14. The van der Waals surface area contributed by atoms with Gasteiger partial charge < -0.3 is 38.5 Å². The van der Waals surface area contributed by atoms with Gasteiger partial charge in [-0.1, -0.05) is 12.1 Å². The molecule has 4 rings (SSSR count). The summed E-state index contributed by atoms with van der Waals surface area (Å²) >= 11 is 0. The van der Waals surface area contributed by atoms with Crippen LogP contribution in [-0.4, -0.2) is 36.5 Å². The van der Waals surface area contributed by atoms with E-state index in [9.17, 15) is 24.3 Å². The van der Waals surface area contributed by atoms with Crippen molar-refractivity contribution in [1.29, 1.82) is 0 Å². The normalized spacial score (nSPS) is 11.3. The van der Waals surface area contributed by atoms with Gasteiger partial charge in [-0.2, -0.15) is 0 Å². The van der Waals surface area contributed by atoms with E-state index in [1.54, 1.807) is 12.1 Å². The van der Waals surface area contributed by atoms with E-state index in [0.29, 0.717) is 0 Å². The molecule has 0 saturated heterocycles. The van der Waals surface area contributed by atoms with Gasteiger partial charge in [0, 0.05) is 25.0 Å². The molecule has 0 aliphatic carbocycles. The summed E-state index contributed by atoms with van der Waals surface area (Å²) in [6.07, 6.45) is 0.410. The minimum absolute atomic E-state index is 0. The van der Waals surface area contributed by atoms with Gasteiger partial charge in [0.2, 0.25) is 0 Å². The van der Waals surface area contributed by atoms with E-state index in [2.05, 4.69) is 0 Å². The first-order valence-corrected chi connectivity index (χ1v) is 9.84. The Kier molecular flexibility index (Phi) is 9.52. The van der Waals surface area contributed by atoms with E-state index in [0.717, 1.165) is 12.1 Å². The molecule has 10 nitrogen and oxygen atoms in total. The summed E-state index contributed by atoms with van der Waals surface area (Å²) in [4.78, 5) is 47.0. The van der Waals surface area contributed by atoms with Gasteiger partial charge in [0.1, 0.15) is 52.8 Å². The van der Waals surface area contributed by atoms with Crippen LogP contribution >= 0.6 is 0 Å². The largest absolute Gasteiger partial charge is 1.00 e. The average molecular weight is 491 g/mol. The first-order chi connectivity index (χ1) is 15.9. The van der Waals surface area contributed by atoms with Gasteiger partial charge in [0.25, 0.3) is 0 Å². The molecular weight excluding hydrogens is 471 g/mol. The molecule has 2 aromatic carbocycles. The number of carbonyl (C=O) groups is 1. The Hall–Kier alpha value is -3.28. The summed E-state index contributed by atoms with van der Waals surface area (Å²) in [5.41, 5.74) is -0.595. The summed E-state index contributed by atoms with van der Waals surface area (Å²) in [5.74, 6) is -0.320. The monoisotopic (exact) mass is 491 g/mol. The predicted octanol–water partition coefficient (Wildman–Crippen LogP) is -1.54. The zero-order valence-electron chi connectivity index (χ0n) is 18.9. The number of carbonyl (C=O) groups excluding carboxylic acids is 2. The van der Waals surface area contributed by atoms with Crippen LogP contribution in [0.4, 0.5) is 0 Å². The molecule has 0 aliphatic rings. The Labute approximate surface area is 219 Å². The van der Waals surface area contributed by atoms with Crippen LogP contribution < -0.4 is 49.9 Å². The van der Waals surface area contributed by atoms with Crippen LogP contribution in [0.5, 0.6) is 11.5 Å². The Morgan fingerprint density at radius 1 is 0.943 bits per heavy atom. The number of Topliss-reactive ketones (excluding diaryl/α,β-unsaturated/α-hetero) is 1. The van der Waals surface area contributed by atoms with Gasteiger partial charge in [-0.15, -0.1) is 6.07 Å². The molecule has 1 unspecified atom stereocenters. The average Bonchev–Trinajstić information content (AvgIpc) is 2.80. The molecule has 0 spiro atoms. The molecule has 35 heavy (non-hydrogen) atoms. The molecule has 11 heteroatoms. The molecule has 4 N–H and O–H groups in total. The van der Waals surface area contributed by atoms with Gasteiger partial charge in [-0.3, -0.25) is 9.59 Å². The van der Waals surface area contributed by atoms with Crippen LogP contribution in [0.1, 0.15) is 23.2 Å². The molecule has 0 amide bonds. The third-order valence-electron chi connectivity index (χ3n) is 4.74. The summed E-state index contributed by atoms with van der Waals surface area (Å²) in [6.45, 7) is 0.838. The van der Waals surface area contributed by atoms with Crippen LogP contribution in [0.15, 0.2) is 67.0 Å². The maximum absolute atomic E-state index is 12.4. The van der Waals surface area contributed by atoms with Crippen molar-refractivity contribution in [2.75, 3.05) is 13.2 Å². The van der Waals surface area contributed by atoms with Crippen molar-refractivity contribution in [3.8, 4) is 11.5 Å². The van der Waals surface area contributed by atoms with Crippen LogP contribution in [0, 0.1) is 0 Å². The molecule has 2 aromatic heterocycles. The van der Waals surface area contributed by atoms with Crippen molar-refractivity contribution < 1.29 is 68.0 Å². The standard InChI is InChI=1S/C24H17O9.Na.H2O/c1-13(26)22-9-17(29)24-19(5-3-7-21(24)33-22)31-12-14(27)11-30-18-4-2-6-20-23(18)16(28)8-15(10-25)32-20;;/h2-9,14,27H,11-12H2,1H3;;1H2/q-1;+1;/p+1. The fourth-order valence-electron chi connectivity index (χ4n) is 3.24. The maximum Gasteiger partial charge on any atom is 1.00 e. The van der Waals surface area contributed by atoms with Crippen molar-refractivity contribution in [3.63, 3.8) is 0 Å². The number of hydrogen-bond donors (Lipinski definition) is 1. The molecule has 0 aliphatic heterocycles. The molecule has 0 bridgehead atoms. The van der Waals surface area contributed by atoms with Gasteiger partial charge in [0.05, 0.1) is 5.39 Å². The number of rotatable bonds is 8. The van der Waals surface area contributed by atoms with E-state index in [1.165, 1.54) is 37.5 Å². The first kappa shape index (κ1) is 28.0. The molecular formula is C24H20NaO10+. The van der Waals surface area contributed by atoms with E-state index in [-0.39, 0.29) is 99.0 Å². The number of aliphatic hydroxyl groups is 1. The zero-order chi connectivity index (χ0) is 23.5. The zero-order valence-corrected chi connectivity index (χ0v) is 20.9. The number of benzene rings is 2. The van der Waals surface area contributed by atoms with Crippen molar-refractivity contribution in [3.05, 3.63) is 80.5 Å². The second-order valence-electron chi connectivity index (χ2n) is 7.14. The number of ether oxygens (including phenoxy) is 2. The quantitative estimate of drug-likeness (QED) is 0.133. The Morgan fingerprint density at radius 2 is 1.46 bits per heavy atom. The molecule has 1 atom stereocenters. The topological polar surface area (TPSA) is 166 Å². The summed E-state index contributed by atoms with van der Waals surface area (Å²) < 4.78 is 21.9. The van der Waals surface area contributed by atoms with Crippen LogP contribution in [0.3, 0.4) is 0 Å². The Bertz CT molecular complexity index is 1490. The van der Waals surface area contributed by atoms with Crippen LogP contribution in [0.25, 0.3) is 21.9 Å². The molecule has 2 heterocycles. The molecule has 0 fully saturated rings. The Morgan fingerprint density at radius 3 is 1.97 bits per heavy atom. The molecule has 0 saturated carbocycles. The maximum atomic E-state index is 12.4. The van der Waals surface area contributed by atoms with Crippen LogP contribution in [-0.2, 0) is 10.3 Å². The number of hydrogen-bond acceptors (Lipinski definition) is 9. The van der Waals surface area contributed by atoms with Gasteiger partial charge >= 0.3 is 29.6 Å². The first-order valence-electron chi connectivity index (χ1n) is 9.84. The molecule has 4 aromatic rings. The predicted molar refractivity (Wildman–Crippen MR) is 122 cm³/mol. The van der Waals surface area contributed by atoms with E-state index >= 15 is 0 Å². The van der Waals surface area contributed by atoms with Crippen LogP contribution in [0.2, 0.25) is 0 Å². The van der Waals surface area contributed by atoms with E-state index < -0.39 is 17.0 Å².